The van der Waals surface area contributed by atoms with Gasteiger partial charge in [-0.15, -0.1) is 11.3 Å². The molecule has 0 saturated carbocycles. The highest BCUT2D eigenvalue weighted by Crippen LogP contribution is 2.30. The van der Waals surface area contributed by atoms with E-state index in [1.807, 2.05) is 35.7 Å². The molecule has 1 amide bonds. The van der Waals surface area contributed by atoms with Crippen LogP contribution in [0.2, 0.25) is 0 Å². The van der Waals surface area contributed by atoms with Crippen LogP contribution in [-0.4, -0.2) is 45.2 Å². The Morgan fingerprint density at radius 2 is 2.06 bits per heavy atom. The minimum absolute atomic E-state index is 0.00252. The number of carbonyl (C=O) groups excluding carboxylic acids is 1. The number of nitrogens with one attached hydrogen (secondary N) is 1. The molecule has 0 radical (unpaired) electrons. The molecule has 1 saturated heterocycles. The van der Waals surface area contributed by atoms with E-state index in [1.165, 1.54) is 22.2 Å². The normalized spacial score (nSPS) is 17.4. The van der Waals surface area contributed by atoms with Gasteiger partial charge in [-0.2, -0.15) is 5.10 Å². The fourth-order valence-electron chi connectivity index (χ4n) is 4.10. The average Bonchev–Trinajstić information content (AvgIpc) is 3.47. The molecule has 9 nitrogen and oxygen atoms in total. The Kier molecular flexibility index (Phi) is 5.37. The van der Waals surface area contributed by atoms with E-state index in [-0.39, 0.29) is 29.7 Å². The highest BCUT2D eigenvalue weighted by atomic mass is 32.2. The third-order valence-corrected chi connectivity index (χ3v) is 8.28. The fourth-order valence-corrected chi connectivity index (χ4v) is 6.70. The quantitative estimate of drug-likeness (QED) is 0.467. The minimum atomic E-state index is -3.10. The van der Waals surface area contributed by atoms with E-state index in [9.17, 15) is 18.0 Å². The number of aromatic nitrogens is 4. The number of benzene rings is 1. The van der Waals surface area contributed by atoms with Crippen molar-refractivity contribution in [2.24, 2.45) is 0 Å². The van der Waals surface area contributed by atoms with Gasteiger partial charge < -0.3 is 5.32 Å². The summed E-state index contributed by atoms with van der Waals surface area (Å²) >= 11 is 1.39. The van der Waals surface area contributed by atoms with Crippen LogP contribution in [0.1, 0.15) is 18.2 Å². The Labute approximate surface area is 193 Å². The third-order valence-electron chi connectivity index (χ3n) is 5.64. The predicted octanol–water partition coefficient (Wildman–Crippen LogP) is 2.63. The molecule has 1 aliphatic heterocycles. The lowest BCUT2D eigenvalue weighted by Crippen LogP contribution is -2.29. The van der Waals surface area contributed by atoms with Crippen molar-refractivity contribution < 1.29 is 13.2 Å². The lowest BCUT2D eigenvalue weighted by molar-refractivity contribution is -0.116. The lowest BCUT2D eigenvalue weighted by Gasteiger charge is -2.14. The molecule has 3 aromatic heterocycles. The zero-order chi connectivity index (χ0) is 23.2. The Bertz CT molecular complexity index is 1520. The van der Waals surface area contributed by atoms with Gasteiger partial charge >= 0.3 is 0 Å². The molecule has 4 aromatic rings. The molecule has 1 atom stereocenters. The Hall–Kier alpha value is -3.31. The van der Waals surface area contributed by atoms with Crippen molar-refractivity contribution in [2.45, 2.75) is 25.9 Å². The molecule has 170 valence electrons. The van der Waals surface area contributed by atoms with Crippen LogP contribution < -0.4 is 10.9 Å². The van der Waals surface area contributed by atoms with Gasteiger partial charge in [-0.1, -0.05) is 30.3 Å². The van der Waals surface area contributed by atoms with Crippen molar-refractivity contribution in [3.8, 4) is 11.1 Å². The summed E-state index contributed by atoms with van der Waals surface area (Å²) in [5.74, 6) is 0.103. The van der Waals surface area contributed by atoms with E-state index in [2.05, 4.69) is 15.4 Å². The SMILES string of the molecule is Cc1cc(NC(=O)Cn2cnc3scc(-c4ccccc4)c3c2=O)n(C2CCS(=O)(=O)C2)n1. The van der Waals surface area contributed by atoms with Gasteiger partial charge in [0.15, 0.2) is 9.84 Å². The van der Waals surface area contributed by atoms with Crippen LogP contribution in [0.15, 0.2) is 52.9 Å². The number of sulfone groups is 1. The molecule has 1 unspecified atom stereocenters. The average molecular weight is 484 g/mol. The first-order valence-electron chi connectivity index (χ1n) is 10.4. The molecule has 0 spiro atoms. The van der Waals surface area contributed by atoms with E-state index >= 15 is 0 Å². The summed E-state index contributed by atoms with van der Waals surface area (Å²) < 4.78 is 26.6. The molecule has 0 aliphatic carbocycles. The molecule has 33 heavy (non-hydrogen) atoms. The molecule has 4 heterocycles. The molecular weight excluding hydrogens is 462 g/mol. The maximum Gasteiger partial charge on any atom is 0.263 e. The van der Waals surface area contributed by atoms with Crippen LogP contribution in [0.4, 0.5) is 5.82 Å². The van der Waals surface area contributed by atoms with Crippen molar-refractivity contribution in [2.75, 3.05) is 16.8 Å². The van der Waals surface area contributed by atoms with Crippen LogP contribution in [0.5, 0.6) is 0 Å². The number of amides is 1. The van der Waals surface area contributed by atoms with E-state index < -0.39 is 15.7 Å². The molecular formula is C22H21N5O4S2. The van der Waals surface area contributed by atoms with Gasteiger partial charge in [0.2, 0.25) is 5.91 Å². The van der Waals surface area contributed by atoms with Crippen molar-refractivity contribution in [1.82, 2.24) is 19.3 Å². The first-order chi connectivity index (χ1) is 15.8. The zero-order valence-electron chi connectivity index (χ0n) is 17.8. The number of hydrogen-bond donors (Lipinski definition) is 1. The van der Waals surface area contributed by atoms with Crippen LogP contribution in [0.3, 0.4) is 0 Å². The number of hydrogen-bond acceptors (Lipinski definition) is 7. The summed E-state index contributed by atoms with van der Waals surface area (Å²) in [4.78, 5) is 31.0. The van der Waals surface area contributed by atoms with E-state index in [1.54, 1.807) is 17.7 Å². The largest absolute Gasteiger partial charge is 0.309 e. The highest BCUT2D eigenvalue weighted by Gasteiger charge is 2.31. The molecule has 1 fully saturated rings. The van der Waals surface area contributed by atoms with Crippen molar-refractivity contribution in [3.63, 3.8) is 0 Å². The maximum atomic E-state index is 13.2. The maximum absolute atomic E-state index is 13.2. The molecule has 1 aromatic carbocycles. The Morgan fingerprint density at radius 1 is 1.27 bits per heavy atom. The second-order valence-corrected chi connectivity index (χ2v) is 11.2. The number of anilines is 1. The molecule has 0 bridgehead atoms. The summed E-state index contributed by atoms with van der Waals surface area (Å²) in [6.07, 6.45) is 1.83. The van der Waals surface area contributed by atoms with Crippen molar-refractivity contribution in [3.05, 3.63) is 64.2 Å². The van der Waals surface area contributed by atoms with Crippen LogP contribution in [0.25, 0.3) is 21.3 Å². The number of aryl methyl sites for hydroxylation is 1. The van der Waals surface area contributed by atoms with Gasteiger partial charge in [0.05, 0.1) is 35.0 Å². The third kappa shape index (κ3) is 4.21. The van der Waals surface area contributed by atoms with Crippen molar-refractivity contribution >= 4 is 43.1 Å². The fraction of sp³-hybridized carbons (Fsp3) is 0.273. The van der Waals surface area contributed by atoms with Gasteiger partial charge in [-0.3, -0.25) is 14.2 Å². The van der Waals surface area contributed by atoms with E-state index in [4.69, 9.17) is 0 Å². The molecule has 1 aliphatic rings. The number of nitrogens with zero attached hydrogens (tertiary/aromatic N) is 4. The highest BCUT2D eigenvalue weighted by molar-refractivity contribution is 7.91. The van der Waals surface area contributed by atoms with Crippen LogP contribution >= 0.6 is 11.3 Å². The summed E-state index contributed by atoms with van der Waals surface area (Å²) in [6, 6.07) is 10.9. The summed E-state index contributed by atoms with van der Waals surface area (Å²) in [6.45, 7) is 1.55. The lowest BCUT2D eigenvalue weighted by atomic mass is 10.1. The molecule has 11 heteroatoms. The van der Waals surface area contributed by atoms with Gasteiger partial charge in [0.1, 0.15) is 17.2 Å². The zero-order valence-corrected chi connectivity index (χ0v) is 19.4. The smallest absolute Gasteiger partial charge is 0.263 e. The Balaban J connectivity index is 1.41. The summed E-state index contributed by atoms with van der Waals surface area (Å²) in [5.41, 5.74) is 2.08. The van der Waals surface area contributed by atoms with Gasteiger partial charge in [0, 0.05) is 17.0 Å². The number of fused-ring (bicyclic) bond motifs is 1. The van der Waals surface area contributed by atoms with Crippen LogP contribution in [-0.2, 0) is 21.2 Å². The van der Waals surface area contributed by atoms with Gasteiger partial charge in [-0.05, 0) is 18.9 Å². The van der Waals surface area contributed by atoms with Crippen LogP contribution in [0, 0.1) is 6.92 Å². The second-order valence-electron chi connectivity index (χ2n) is 8.09. The predicted molar refractivity (Wildman–Crippen MR) is 127 cm³/mol. The van der Waals surface area contributed by atoms with E-state index in [0.717, 1.165) is 11.1 Å². The molecule has 5 rings (SSSR count). The van der Waals surface area contributed by atoms with Gasteiger partial charge in [-0.25, -0.2) is 18.1 Å². The number of rotatable bonds is 5. The number of carbonyl (C=O) groups is 1. The second kappa shape index (κ2) is 8.23. The minimum Gasteiger partial charge on any atom is -0.309 e. The van der Waals surface area contributed by atoms with Gasteiger partial charge in [0.25, 0.3) is 5.56 Å². The summed E-state index contributed by atoms with van der Waals surface area (Å²) in [7, 11) is -3.10. The summed E-state index contributed by atoms with van der Waals surface area (Å²) in [5, 5.41) is 9.54. The topological polar surface area (TPSA) is 116 Å². The standard InChI is InChI=1S/C22H21N5O4S2/c1-14-9-18(27(25-14)16-7-8-33(30,31)12-16)24-19(28)10-26-13-23-21-20(22(26)29)17(11-32-21)15-5-3-2-4-6-15/h2-6,9,11,13,16H,7-8,10,12H2,1H3,(H,24,28). The Morgan fingerprint density at radius 3 is 2.79 bits per heavy atom. The molecule has 1 N–H and O–H groups in total. The first-order valence-corrected chi connectivity index (χ1v) is 13.1. The number of thiophene rings is 1. The first kappa shape index (κ1) is 21.5. The van der Waals surface area contributed by atoms with Crippen molar-refractivity contribution in [1.29, 1.82) is 0 Å². The van der Waals surface area contributed by atoms with E-state index in [0.29, 0.717) is 28.1 Å². The monoisotopic (exact) mass is 483 g/mol.